The molecule has 1 amide bonds. The zero-order valence-electron chi connectivity index (χ0n) is 17.5. The van der Waals surface area contributed by atoms with Crippen molar-refractivity contribution in [3.8, 4) is 11.5 Å². The molecule has 1 atom stereocenters. The Hall–Kier alpha value is -3.11. The van der Waals surface area contributed by atoms with Gasteiger partial charge >= 0.3 is 0 Å². The van der Waals surface area contributed by atoms with Crippen LogP contribution in [-0.4, -0.2) is 44.2 Å². The van der Waals surface area contributed by atoms with Crippen molar-refractivity contribution >= 4 is 28.2 Å². The molecule has 0 spiro atoms. The summed E-state index contributed by atoms with van der Waals surface area (Å²) in [6.45, 7) is 1.20. The van der Waals surface area contributed by atoms with Crippen molar-refractivity contribution in [2.24, 2.45) is 5.73 Å². The molecule has 3 aromatic rings. The van der Waals surface area contributed by atoms with Gasteiger partial charge in [-0.3, -0.25) is 4.79 Å². The maximum Gasteiger partial charge on any atom is 0.252 e. The summed E-state index contributed by atoms with van der Waals surface area (Å²) in [6, 6.07) is 18.5. The van der Waals surface area contributed by atoms with Gasteiger partial charge in [-0.15, -0.1) is 12.4 Å². The summed E-state index contributed by atoms with van der Waals surface area (Å²) >= 11 is 0. The summed E-state index contributed by atoms with van der Waals surface area (Å²) in [7, 11) is -3.91. The number of benzene rings is 3. The van der Waals surface area contributed by atoms with Crippen LogP contribution in [0.25, 0.3) is 0 Å². The summed E-state index contributed by atoms with van der Waals surface area (Å²) in [5, 5.41) is 22.9. The molecular weight excluding hydrogens is 468 g/mol. The van der Waals surface area contributed by atoms with Crippen molar-refractivity contribution in [1.29, 1.82) is 0 Å². The zero-order valence-corrected chi connectivity index (χ0v) is 19.2. The number of aliphatic hydroxyl groups excluding tert-OH is 1. The average molecular weight is 493 g/mol. The van der Waals surface area contributed by atoms with Gasteiger partial charge in [-0.25, -0.2) is 8.42 Å². The number of nitrogens with two attached hydrogens (primary N) is 1. The van der Waals surface area contributed by atoms with Gasteiger partial charge < -0.3 is 26.0 Å². The second kappa shape index (κ2) is 11.7. The van der Waals surface area contributed by atoms with E-state index in [1.807, 2.05) is 30.3 Å². The predicted octanol–water partition coefficient (Wildman–Crippen LogP) is 2.45. The van der Waals surface area contributed by atoms with E-state index >= 15 is 0 Å². The molecule has 0 unspecified atom stereocenters. The van der Waals surface area contributed by atoms with E-state index < -0.39 is 21.8 Å². The third-order valence-corrected chi connectivity index (χ3v) is 6.51. The van der Waals surface area contributed by atoms with E-state index in [0.717, 1.165) is 17.7 Å². The molecule has 0 saturated heterocycles. The maximum absolute atomic E-state index is 12.8. The summed E-state index contributed by atoms with van der Waals surface area (Å²) in [6.07, 6.45) is -0.615. The van der Waals surface area contributed by atoms with Crippen LogP contribution in [0.1, 0.15) is 22.0 Å². The fraction of sp³-hybridized carbons (Fsp3) is 0.174. The summed E-state index contributed by atoms with van der Waals surface area (Å²) < 4.78 is 31.2. The van der Waals surface area contributed by atoms with E-state index in [1.165, 1.54) is 30.3 Å². The SMILES string of the molecule is Cl.NC(=O)c1cc(S(=O)(=O)c2ccc(OCCNC[C@H](O)c3ccccc3)cc2)ccc1O. The number of primary amides is 1. The molecule has 0 aromatic heterocycles. The van der Waals surface area contributed by atoms with Gasteiger partial charge in [0.2, 0.25) is 9.84 Å². The second-order valence-corrected chi connectivity index (χ2v) is 8.95. The number of amides is 1. The fourth-order valence-electron chi connectivity index (χ4n) is 3.00. The molecule has 0 heterocycles. The van der Waals surface area contributed by atoms with Crippen LogP contribution >= 0.6 is 12.4 Å². The van der Waals surface area contributed by atoms with Crippen LogP contribution in [0.5, 0.6) is 11.5 Å². The van der Waals surface area contributed by atoms with E-state index in [0.29, 0.717) is 25.4 Å². The largest absolute Gasteiger partial charge is 0.507 e. The highest BCUT2D eigenvalue weighted by atomic mass is 35.5. The number of aromatic hydroxyl groups is 1. The molecule has 3 rings (SSSR count). The number of sulfone groups is 1. The van der Waals surface area contributed by atoms with E-state index in [9.17, 15) is 23.4 Å². The minimum atomic E-state index is -3.91. The molecule has 0 saturated carbocycles. The Balaban J connectivity index is 0.00000385. The van der Waals surface area contributed by atoms with Crippen molar-refractivity contribution in [1.82, 2.24) is 5.32 Å². The van der Waals surface area contributed by atoms with Crippen molar-refractivity contribution < 1.29 is 28.2 Å². The number of phenols is 1. The number of carbonyl (C=O) groups is 1. The molecule has 33 heavy (non-hydrogen) atoms. The number of ether oxygens (including phenoxy) is 1. The number of halogens is 1. The Bertz CT molecular complexity index is 1170. The molecule has 10 heteroatoms. The van der Waals surface area contributed by atoms with Gasteiger partial charge in [-0.2, -0.15) is 0 Å². The van der Waals surface area contributed by atoms with Crippen LogP contribution in [-0.2, 0) is 9.84 Å². The Kier molecular flexibility index (Phi) is 9.24. The van der Waals surface area contributed by atoms with Gasteiger partial charge in [0.05, 0.1) is 21.5 Å². The fourth-order valence-corrected chi connectivity index (χ4v) is 4.29. The average Bonchev–Trinajstić information content (AvgIpc) is 2.79. The van der Waals surface area contributed by atoms with E-state index in [4.69, 9.17) is 10.5 Å². The van der Waals surface area contributed by atoms with E-state index in [1.54, 1.807) is 0 Å². The number of aliphatic hydroxyl groups is 1. The first-order chi connectivity index (χ1) is 15.3. The molecule has 3 aromatic carbocycles. The number of rotatable bonds is 10. The highest BCUT2D eigenvalue weighted by Gasteiger charge is 2.20. The molecule has 0 aliphatic heterocycles. The zero-order chi connectivity index (χ0) is 23.1. The van der Waals surface area contributed by atoms with Gasteiger partial charge in [-0.05, 0) is 48.0 Å². The third-order valence-electron chi connectivity index (χ3n) is 4.75. The molecule has 0 bridgehead atoms. The van der Waals surface area contributed by atoms with Crippen LogP contribution in [0.15, 0.2) is 82.6 Å². The number of nitrogens with one attached hydrogen (secondary N) is 1. The van der Waals surface area contributed by atoms with Crippen LogP contribution in [0.4, 0.5) is 0 Å². The van der Waals surface area contributed by atoms with Crippen molar-refractivity contribution in [3.63, 3.8) is 0 Å². The Morgan fingerprint density at radius 1 is 1.00 bits per heavy atom. The third kappa shape index (κ3) is 6.69. The topological polar surface area (TPSA) is 139 Å². The molecule has 8 nitrogen and oxygen atoms in total. The number of carbonyl (C=O) groups excluding carboxylic acids is 1. The lowest BCUT2D eigenvalue weighted by molar-refractivity contribution is 0.0997. The summed E-state index contributed by atoms with van der Waals surface area (Å²) in [5.41, 5.74) is 5.73. The summed E-state index contributed by atoms with van der Waals surface area (Å²) in [4.78, 5) is 11.2. The lowest BCUT2D eigenvalue weighted by Gasteiger charge is -2.13. The predicted molar refractivity (Wildman–Crippen MR) is 126 cm³/mol. The molecule has 5 N–H and O–H groups in total. The van der Waals surface area contributed by atoms with Gasteiger partial charge in [0, 0.05) is 13.1 Å². The van der Waals surface area contributed by atoms with Gasteiger partial charge in [0.1, 0.15) is 18.1 Å². The number of hydrogen-bond donors (Lipinski definition) is 4. The maximum atomic E-state index is 12.8. The van der Waals surface area contributed by atoms with Crippen LogP contribution in [0, 0.1) is 0 Å². The number of hydrogen-bond acceptors (Lipinski definition) is 7. The first-order valence-corrected chi connectivity index (χ1v) is 11.3. The molecule has 0 radical (unpaired) electrons. The van der Waals surface area contributed by atoms with E-state index in [2.05, 4.69) is 5.32 Å². The molecule has 0 fully saturated rings. The Morgan fingerprint density at radius 3 is 2.27 bits per heavy atom. The first-order valence-electron chi connectivity index (χ1n) is 9.83. The molecular formula is C23H25ClN2O6S. The highest BCUT2D eigenvalue weighted by Crippen LogP contribution is 2.27. The Morgan fingerprint density at radius 2 is 1.64 bits per heavy atom. The smallest absolute Gasteiger partial charge is 0.252 e. The molecule has 0 aliphatic rings. The minimum Gasteiger partial charge on any atom is -0.507 e. The minimum absolute atomic E-state index is 0. The van der Waals surface area contributed by atoms with E-state index in [-0.39, 0.29) is 33.5 Å². The quantitative estimate of drug-likeness (QED) is 0.319. The van der Waals surface area contributed by atoms with Gasteiger partial charge in [0.25, 0.3) is 5.91 Å². The van der Waals surface area contributed by atoms with Crippen LogP contribution in [0.2, 0.25) is 0 Å². The van der Waals surface area contributed by atoms with Crippen molar-refractivity contribution in [2.75, 3.05) is 19.7 Å². The van der Waals surface area contributed by atoms with Crippen LogP contribution in [0.3, 0.4) is 0 Å². The Labute approximate surface area is 198 Å². The van der Waals surface area contributed by atoms with Crippen molar-refractivity contribution in [3.05, 3.63) is 83.9 Å². The van der Waals surface area contributed by atoms with Gasteiger partial charge in [0.15, 0.2) is 0 Å². The molecule has 0 aliphatic carbocycles. The molecule has 176 valence electrons. The highest BCUT2D eigenvalue weighted by molar-refractivity contribution is 7.91. The lowest BCUT2D eigenvalue weighted by Crippen LogP contribution is -2.26. The normalized spacial score (nSPS) is 11.9. The lowest BCUT2D eigenvalue weighted by atomic mass is 10.1. The summed E-state index contributed by atoms with van der Waals surface area (Å²) in [5.74, 6) is -0.823. The second-order valence-electron chi connectivity index (χ2n) is 7.00. The van der Waals surface area contributed by atoms with Crippen LogP contribution < -0.4 is 15.8 Å². The van der Waals surface area contributed by atoms with Crippen molar-refractivity contribution in [2.45, 2.75) is 15.9 Å². The first kappa shape index (κ1) is 26.1. The monoisotopic (exact) mass is 492 g/mol. The van der Waals surface area contributed by atoms with Gasteiger partial charge in [-0.1, -0.05) is 30.3 Å². The standard InChI is InChI=1S/C23H24N2O6S.ClH/c24-23(28)20-14-19(10-11-21(20)26)32(29,30)18-8-6-17(7-9-18)31-13-12-25-15-22(27)16-4-2-1-3-5-16;/h1-11,14,22,25-27H,12-13,15H2,(H2,24,28);1H/t22-;/m0./s1.